The van der Waals surface area contributed by atoms with Gasteiger partial charge in [-0.05, 0) is 38.3 Å². The van der Waals surface area contributed by atoms with E-state index in [1.54, 1.807) is 7.05 Å². The Labute approximate surface area is 151 Å². The minimum Gasteiger partial charge on any atom is -0.359 e. The van der Waals surface area contributed by atoms with Crippen molar-refractivity contribution in [1.82, 2.24) is 20.4 Å². The van der Waals surface area contributed by atoms with Crippen LogP contribution in [0.2, 0.25) is 0 Å². The minimum absolute atomic E-state index is 0. The molecule has 2 rings (SSSR count). The van der Waals surface area contributed by atoms with Crippen molar-refractivity contribution in [3.8, 4) is 0 Å². The summed E-state index contributed by atoms with van der Waals surface area (Å²) in [7, 11) is 3.56. The van der Waals surface area contributed by atoms with Crippen LogP contribution in [0.25, 0.3) is 0 Å². The molecule has 2 heterocycles. The van der Waals surface area contributed by atoms with Crippen molar-refractivity contribution in [3.05, 3.63) is 0 Å². The number of nitrogens with one attached hydrogen (secondary N) is 2. The quantitative estimate of drug-likeness (QED) is 0.389. The summed E-state index contributed by atoms with van der Waals surface area (Å²) < 4.78 is 0. The highest BCUT2D eigenvalue weighted by atomic mass is 127. The molecule has 2 fully saturated rings. The number of halogens is 1. The van der Waals surface area contributed by atoms with Gasteiger partial charge in [-0.2, -0.15) is 0 Å². The Kier molecular flexibility index (Phi) is 9.08. The Morgan fingerprint density at radius 1 is 1.23 bits per heavy atom. The van der Waals surface area contributed by atoms with E-state index in [1.165, 1.54) is 19.5 Å². The van der Waals surface area contributed by atoms with Crippen LogP contribution in [0.1, 0.15) is 25.7 Å². The smallest absolute Gasteiger partial charge is 0.220 e. The molecule has 6 nitrogen and oxygen atoms in total. The van der Waals surface area contributed by atoms with E-state index in [4.69, 9.17) is 0 Å². The van der Waals surface area contributed by atoms with Gasteiger partial charge in [0.15, 0.2) is 5.96 Å². The molecule has 0 spiro atoms. The van der Waals surface area contributed by atoms with E-state index in [9.17, 15) is 4.79 Å². The molecule has 0 aromatic carbocycles. The summed E-state index contributed by atoms with van der Waals surface area (Å²) in [4.78, 5) is 20.6. The first-order valence-electron chi connectivity index (χ1n) is 8.11. The van der Waals surface area contributed by atoms with Gasteiger partial charge in [0.1, 0.15) is 0 Å². The molecular formula is C15H30IN5O. The molecule has 0 saturated carbocycles. The SMILES string of the molecule is CN=C(NCCN1CCC1)N1CCC(CC(=O)NC)CC1.I. The monoisotopic (exact) mass is 423 g/mol. The van der Waals surface area contributed by atoms with Crippen molar-refractivity contribution in [2.75, 3.05) is 53.4 Å². The molecule has 128 valence electrons. The fourth-order valence-electron chi connectivity index (χ4n) is 2.98. The number of carbonyl (C=O) groups is 1. The second kappa shape index (κ2) is 10.3. The maximum absolute atomic E-state index is 11.4. The Balaban J connectivity index is 0.00000242. The van der Waals surface area contributed by atoms with Gasteiger partial charge in [0, 0.05) is 46.7 Å². The van der Waals surface area contributed by atoms with Gasteiger partial charge in [0.05, 0.1) is 0 Å². The Bertz CT molecular complexity index is 365. The number of piperidine rings is 1. The lowest BCUT2D eigenvalue weighted by atomic mass is 9.93. The van der Waals surface area contributed by atoms with Gasteiger partial charge in [-0.15, -0.1) is 24.0 Å². The molecule has 1 amide bonds. The zero-order valence-electron chi connectivity index (χ0n) is 13.8. The summed E-state index contributed by atoms with van der Waals surface area (Å²) in [6, 6.07) is 0. The van der Waals surface area contributed by atoms with Crippen molar-refractivity contribution >= 4 is 35.8 Å². The summed E-state index contributed by atoms with van der Waals surface area (Å²) in [5.74, 6) is 1.68. The predicted octanol–water partition coefficient (Wildman–Crippen LogP) is 0.734. The van der Waals surface area contributed by atoms with Crippen molar-refractivity contribution in [2.24, 2.45) is 10.9 Å². The lowest BCUT2D eigenvalue weighted by Crippen LogP contribution is -2.49. The first kappa shape index (κ1) is 19.5. The first-order valence-corrected chi connectivity index (χ1v) is 8.11. The normalized spacial score (nSPS) is 20.1. The predicted molar refractivity (Wildman–Crippen MR) is 101 cm³/mol. The van der Waals surface area contributed by atoms with Crippen LogP contribution in [-0.4, -0.2) is 75.0 Å². The Hall–Kier alpha value is -0.570. The number of likely N-dealkylation sites (tertiary alicyclic amines) is 2. The topological polar surface area (TPSA) is 60.0 Å². The average molecular weight is 423 g/mol. The maximum Gasteiger partial charge on any atom is 0.220 e. The number of carbonyl (C=O) groups excluding carboxylic acids is 1. The van der Waals surface area contributed by atoms with Gasteiger partial charge in [-0.1, -0.05) is 0 Å². The minimum atomic E-state index is 0. The number of guanidine groups is 1. The largest absolute Gasteiger partial charge is 0.359 e. The zero-order chi connectivity index (χ0) is 15.1. The second-order valence-corrected chi connectivity index (χ2v) is 5.98. The molecule has 2 aliphatic rings. The zero-order valence-corrected chi connectivity index (χ0v) is 16.1. The highest BCUT2D eigenvalue weighted by molar-refractivity contribution is 14.0. The van der Waals surface area contributed by atoms with E-state index in [0.717, 1.165) is 45.0 Å². The standard InChI is InChI=1S/C15H29N5O.HI/c1-16-14(21)12-13-4-9-20(10-5-13)15(17-2)18-6-11-19-7-3-8-19;/h13H,3-12H2,1-2H3,(H,16,21)(H,17,18);1H. The lowest BCUT2D eigenvalue weighted by molar-refractivity contribution is -0.121. The van der Waals surface area contributed by atoms with Crippen LogP contribution in [0.5, 0.6) is 0 Å². The van der Waals surface area contributed by atoms with Crippen LogP contribution >= 0.6 is 24.0 Å². The molecule has 0 aliphatic carbocycles. The molecular weight excluding hydrogens is 393 g/mol. The van der Waals surface area contributed by atoms with E-state index in [1.807, 2.05) is 7.05 Å². The van der Waals surface area contributed by atoms with E-state index < -0.39 is 0 Å². The third-order valence-electron chi connectivity index (χ3n) is 4.54. The third-order valence-corrected chi connectivity index (χ3v) is 4.54. The van der Waals surface area contributed by atoms with Crippen molar-refractivity contribution in [3.63, 3.8) is 0 Å². The van der Waals surface area contributed by atoms with Crippen LogP contribution in [0, 0.1) is 5.92 Å². The molecule has 22 heavy (non-hydrogen) atoms. The number of rotatable bonds is 5. The molecule has 0 radical (unpaired) electrons. The van der Waals surface area contributed by atoms with Gasteiger partial charge in [-0.3, -0.25) is 9.79 Å². The average Bonchev–Trinajstić information content (AvgIpc) is 2.46. The van der Waals surface area contributed by atoms with Crippen LogP contribution in [0.15, 0.2) is 4.99 Å². The van der Waals surface area contributed by atoms with Gasteiger partial charge >= 0.3 is 0 Å². The highest BCUT2D eigenvalue weighted by Gasteiger charge is 2.23. The van der Waals surface area contributed by atoms with E-state index in [-0.39, 0.29) is 29.9 Å². The van der Waals surface area contributed by atoms with E-state index in [2.05, 4.69) is 25.4 Å². The van der Waals surface area contributed by atoms with Crippen molar-refractivity contribution < 1.29 is 4.79 Å². The maximum atomic E-state index is 11.4. The number of amides is 1. The van der Waals surface area contributed by atoms with Crippen LogP contribution in [0.4, 0.5) is 0 Å². The molecule has 0 atom stereocenters. The fourth-order valence-corrected chi connectivity index (χ4v) is 2.98. The Morgan fingerprint density at radius 2 is 1.91 bits per heavy atom. The van der Waals surface area contributed by atoms with Crippen LogP contribution < -0.4 is 10.6 Å². The summed E-state index contributed by atoms with van der Waals surface area (Å²) >= 11 is 0. The summed E-state index contributed by atoms with van der Waals surface area (Å²) in [6.45, 7) is 6.53. The van der Waals surface area contributed by atoms with Crippen molar-refractivity contribution in [1.29, 1.82) is 0 Å². The molecule has 0 unspecified atom stereocenters. The molecule has 0 aromatic rings. The summed E-state index contributed by atoms with van der Waals surface area (Å²) in [5, 5.41) is 6.17. The molecule has 0 bridgehead atoms. The number of hydrogen-bond donors (Lipinski definition) is 2. The van der Waals surface area contributed by atoms with Gasteiger partial charge in [0.25, 0.3) is 0 Å². The Morgan fingerprint density at radius 3 is 2.41 bits per heavy atom. The van der Waals surface area contributed by atoms with Gasteiger partial charge in [-0.25, -0.2) is 0 Å². The fraction of sp³-hybridized carbons (Fsp3) is 0.867. The number of hydrogen-bond acceptors (Lipinski definition) is 3. The van der Waals surface area contributed by atoms with E-state index in [0.29, 0.717) is 12.3 Å². The number of aliphatic imine (C=N–C) groups is 1. The van der Waals surface area contributed by atoms with Crippen LogP contribution in [0.3, 0.4) is 0 Å². The third kappa shape index (κ3) is 5.91. The first-order chi connectivity index (χ1) is 10.2. The van der Waals surface area contributed by atoms with Gasteiger partial charge < -0.3 is 20.4 Å². The highest BCUT2D eigenvalue weighted by Crippen LogP contribution is 2.20. The molecule has 2 N–H and O–H groups in total. The molecule has 2 saturated heterocycles. The number of nitrogens with zero attached hydrogens (tertiary/aromatic N) is 3. The van der Waals surface area contributed by atoms with Crippen LogP contribution in [-0.2, 0) is 4.79 Å². The van der Waals surface area contributed by atoms with E-state index >= 15 is 0 Å². The molecule has 2 aliphatic heterocycles. The summed E-state index contributed by atoms with van der Waals surface area (Å²) in [5.41, 5.74) is 0. The summed E-state index contributed by atoms with van der Waals surface area (Å²) in [6.07, 6.45) is 4.14. The van der Waals surface area contributed by atoms with Crippen molar-refractivity contribution in [2.45, 2.75) is 25.7 Å². The lowest BCUT2D eigenvalue weighted by Gasteiger charge is -2.35. The molecule has 0 aromatic heterocycles. The second-order valence-electron chi connectivity index (χ2n) is 5.98. The van der Waals surface area contributed by atoms with Gasteiger partial charge in [0.2, 0.25) is 5.91 Å². The molecule has 7 heteroatoms.